The number of hydrogen-bond donors (Lipinski definition) is 0. The summed E-state index contributed by atoms with van der Waals surface area (Å²) in [7, 11) is 1.41. The number of hydrogen-bond acceptors (Lipinski definition) is 4. The quantitative estimate of drug-likeness (QED) is 0.200. The van der Waals surface area contributed by atoms with E-state index in [2.05, 4.69) is 30.7 Å². The number of ether oxygens (including phenoxy) is 1. The highest BCUT2D eigenvalue weighted by molar-refractivity contribution is 5.84. The Bertz CT molecular complexity index is 509. The molecule has 0 heterocycles. The molecule has 1 rings (SSSR count). The Hall–Kier alpha value is -1.45. The molecule has 0 aromatic heterocycles. The van der Waals surface area contributed by atoms with Crippen molar-refractivity contribution in [2.75, 3.05) is 7.11 Å². The smallest absolute Gasteiger partial charge is 0.305 e. The molecule has 4 nitrogen and oxygen atoms in total. The van der Waals surface area contributed by atoms with Gasteiger partial charge in [0.25, 0.3) is 0 Å². The monoisotopic (exact) mass is 392 g/mol. The summed E-state index contributed by atoms with van der Waals surface area (Å²) >= 11 is 0. The molecule has 0 N–H and O–H groups in total. The molecule has 1 saturated carbocycles. The number of ketones is 2. The lowest BCUT2D eigenvalue weighted by Gasteiger charge is -2.20. The van der Waals surface area contributed by atoms with Gasteiger partial charge >= 0.3 is 5.97 Å². The Morgan fingerprint density at radius 3 is 2.50 bits per heavy atom. The maximum absolute atomic E-state index is 12.4. The first-order chi connectivity index (χ1) is 13.5. The fourth-order valence-electron chi connectivity index (χ4n) is 4.25. The van der Waals surface area contributed by atoms with Crippen LogP contribution in [0.1, 0.15) is 97.3 Å². The largest absolute Gasteiger partial charge is 0.469 e. The average molecular weight is 393 g/mol. The van der Waals surface area contributed by atoms with E-state index in [-0.39, 0.29) is 11.9 Å². The second kappa shape index (κ2) is 14.5. The molecular weight excluding hydrogens is 352 g/mol. The zero-order valence-electron chi connectivity index (χ0n) is 18.2. The maximum Gasteiger partial charge on any atom is 0.305 e. The number of methoxy groups -OCH3 is 1. The highest BCUT2D eigenvalue weighted by Crippen LogP contribution is 2.39. The van der Waals surface area contributed by atoms with Gasteiger partial charge in [-0.25, -0.2) is 0 Å². The summed E-state index contributed by atoms with van der Waals surface area (Å²) in [6.07, 6.45) is 15.6. The summed E-state index contributed by atoms with van der Waals surface area (Å²) in [6, 6.07) is 0. The van der Waals surface area contributed by atoms with Gasteiger partial charge in [-0.2, -0.15) is 0 Å². The zero-order valence-corrected chi connectivity index (χ0v) is 18.2. The molecule has 0 spiro atoms. The lowest BCUT2D eigenvalue weighted by molar-refractivity contribution is -0.140. The average Bonchev–Trinajstić information content (AvgIpc) is 2.94. The standard InChI is InChI=1S/C24H40O4/c1-4-5-6-7-10-13-20(25)16-17-21-19(2)18-23(26)22(21)14-11-8-9-12-15-24(27)28-3/h8,11,19,21-22H,4-7,9-10,12-18H2,1-3H3. The third kappa shape index (κ3) is 9.66. The summed E-state index contributed by atoms with van der Waals surface area (Å²) in [4.78, 5) is 35.7. The molecule has 0 aliphatic heterocycles. The van der Waals surface area contributed by atoms with E-state index in [0.29, 0.717) is 49.1 Å². The van der Waals surface area contributed by atoms with Crippen molar-refractivity contribution in [3.05, 3.63) is 12.2 Å². The minimum absolute atomic E-state index is 0.0595. The Morgan fingerprint density at radius 1 is 1.04 bits per heavy atom. The molecule has 0 bridgehead atoms. The van der Waals surface area contributed by atoms with E-state index < -0.39 is 0 Å². The molecule has 0 amide bonds. The van der Waals surface area contributed by atoms with E-state index in [9.17, 15) is 14.4 Å². The van der Waals surface area contributed by atoms with E-state index in [1.165, 1.54) is 26.4 Å². The normalized spacial score (nSPS) is 22.1. The van der Waals surface area contributed by atoms with E-state index in [1.807, 2.05) is 0 Å². The summed E-state index contributed by atoms with van der Waals surface area (Å²) in [5.41, 5.74) is 0. The highest BCUT2D eigenvalue weighted by atomic mass is 16.5. The number of carbonyl (C=O) groups excluding carboxylic acids is 3. The third-order valence-electron chi connectivity index (χ3n) is 6.04. The van der Waals surface area contributed by atoms with Crippen LogP contribution in [0.2, 0.25) is 0 Å². The molecule has 1 aliphatic carbocycles. The van der Waals surface area contributed by atoms with Crippen LogP contribution >= 0.6 is 0 Å². The van der Waals surface area contributed by atoms with Gasteiger partial charge in [0.15, 0.2) is 0 Å². The Kier molecular flexibility index (Phi) is 12.8. The van der Waals surface area contributed by atoms with Crippen molar-refractivity contribution in [3.63, 3.8) is 0 Å². The topological polar surface area (TPSA) is 60.4 Å². The second-order valence-corrected chi connectivity index (χ2v) is 8.34. The number of Topliss-reactive ketones (excluding diaryl/α,β-unsaturated/α-hetero) is 2. The molecule has 1 fully saturated rings. The van der Waals surface area contributed by atoms with Crippen LogP contribution in [-0.4, -0.2) is 24.6 Å². The summed E-state index contributed by atoms with van der Waals surface area (Å²) in [5.74, 6) is 1.30. The molecule has 160 valence electrons. The van der Waals surface area contributed by atoms with Crippen molar-refractivity contribution in [1.29, 1.82) is 0 Å². The van der Waals surface area contributed by atoms with Crippen LogP contribution in [0.15, 0.2) is 12.2 Å². The number of rotatable bonds is 15. The van der Waals surface area contributed by atoms with Gasteiger partial charge in [0.2, 0.25) is 0 Å². The first-order valence-electron chi connectivity index (χ1n) is 11.3. The third-order valence-corrected chi connectivity index (χ3v) is 6.04. The van der Waals surface area contributed by atoms with Gasteiger partial charge in [-0.3, -0.25) is 14.4 Å². The number of esters is 1. The molecule has 3 atom stereocenters. The van der Waals surface area contributed by atoms with Crippen molar-refractivity contribution in [2.24, 2.45) is 17.8 Å². The fourth-order valence-corrected chi connectivity index (χ4v) is 4.25. The molecule has 1 aliphatic rings. The van der Waals surface area contributed by atoms with E-state index in [1.54, 1.807) is 0 Å². The van der Waals surface area contributed by atoms with Gasteiger partial charge in [-0.05, 0) is 43.9 Å². The predicted molar refractivity (Wildman–Crippen MR) is 113 cm³/mol. The SMILES string of the molecule is CCCCCCCC(=O)CCC1C(C)CC(=O)C1CC=CCCCC(=O)OC. The molecule has 4 heteroatoms. The van der Waals surface area contributed by atoms with Gasteiger partial charge in [-0.15, -0.1) is 0 Å². The van der Waals surface area contributed by atoms with Crippen LogP contribution in [0.5, 0.6) is 0 Å². The van der Waals surface area contributed by atoms with E-state index in [4.69, 9.17) is 0 Å². The first kappa shape index (κ1) is 24.6. The van der Waals surface area contributed by atoms with Crippen LogP contribution in [-0.2, 0) is 19.1 Å². The minimum Gasteiger partial charge on any atom is -0.469 e. The van der Waals surface area contributed by atoms with E-state index >= 15 is 0 Å². The van der Waals surface area contributed by atoms with Gasteiger partial charge < -0.3 is 4.74 Å². The van der Waals surface area contributed by atoms with Gasteiger partial charge in [0.1, 0.15) is 11.6 Å². The molecule has 0 saturated heterocycles. The Labute approximate surface area is 171 Å². The number of allylic oxidation sites excluding steroid dienone is 2. The molecule has 28 heavy (non-hydrogen) atoms. The zero-order chi connectivity index (χ0) is 20.8. The predicted octanol–water partition coefficient (Wildman–Crippen LogP) is 5.83. The molecule has 0 radical (unpaired) electrons. The summed E-state index contributed by atoms with van der Waals surface area (Å²) in [5, 5.41) is 0. The van der Waals surface area contributed by atoms with Crippen molar-refractivity contribution in [3.8, 4) is 0 Å². The van der Waals surface area contributed by atoms with Crippen molar-refractivity contribution in [1.82, 2.24) is 0 Å². The second-order valence-electron chi connectivity index (χ2n) is 8.34. The molecule has 0 aromatic rings. The Balaban J connectivity index is 2.33. The summed E-state index contributed by atoms with van der Waals surface area (Å²) < 4.78 is 4.63. The van der Waals surface area contributed by atoms with Crippen molar-refractivity contribution >= 4 is 17.5 Å². The number of unbranched alkanes of at least 4 members (excludes halogenated alkanes) is 5. The fraction of sp³-hybridized carbons (Fsp3) is 0.792. The minimum atomic E-state index is -0.178. The first-order valence-corrected chi connectivity index (χ1v) is 11.3. The number of carbonyl (C=O) groups is 3. The van der Waals surface area contributed by atoms with Crippen LogP contribution < -0.4 is 0 Å². The molecular formula is C24H40O4. The lowest BCUT2D eigenvalue weighted by atomic mass is 9.83. The van der Waals surface area contributed by atoms with Gasteiger partial charge in [0.05, 0.1) is 7.11 Å². The Morgan fingerprint density at radius 2 is 1.79 bits per heavy atom. The summed E-state index contributed by atoms with van der Waals surface area (Å²) in [6.45, 7) is 4.35. The maximum atomic E-state index is 12.4. The van der Waals surface area contributed by atoms with E-state index in [0.717, 1.165) is 38.5 Å². The molecule has 0 aromatic carbocycles. The van der Waals surface area contributed by atoms with Crippen LogP contribution in [0, 0.1) is 17.8 Å². The van der Waals surface area contributed by atoms with Crippen LogP contribution in [0.3, 0.4) is 0 Å². The highest BCUT2D eigenvalue weighted by Gasteiger charge is 2.38. The molecule has 3 unspecified atom stereocenters. The van der Waals surface area contributed by atoms with Crippen LogP contribution in [0.25, 0.3) is 0 Å². The van der Waals surface area contributed by atoms with Crippen molar-refractivity contribution < 1.29 is 19.1 Å². The lowest BCUT2D eigenvalue weighted by Crippen LogP contribution is -2.17. The van der Waals surface area contributed by atoms with Gasteiger partial charge in [-0.1, -0.05) is 51.7 Å². The van der Waals surface area contributed by atoms with Crippen LogP contribution in [0.4, 0.5) is 0 Å². The van der Waals surface area contributed by atoms with Crippen molar-refractivity contribution in [2.45, 2.75) is 97.3 Å². The van der Waals surface area contributed by atoms with Gasteiger partial charge in [0, 0.05) is 31.6 Å².